The summed E-state index contributed by atoms with van der Waals surface area (Å²) < 4.78 is 10.6. The van der Waals surface area contributed by atoms with Gasteiger partial charge in [0.1, 0.15) is 12.0 Å². The summed E-state index contributed by atoms with van der Waals surface area (Å²) in [6.45, 7) is 0.624. The predicted molar refractivity (Wildman–Crippen MR) is 109 cm³/mol. The third kappa shape index (κ3) is 3.95. The first kappa shape index (κ1) is 19.4. The van der Waals surface area contributed by atoms with E-state index in [1.807, 2.05) is 18.2 Å². The molecule has 2 heterocycles. The molecule has 3 aromatic rings. The van der Waals surface area contributed by atoms with Gasteiger partial charge in [-0.05, 0) is 47.0 Å². The van der Waals surface area contributed by atoms with E-state index in [4.69, 9.17) is 38.1 Å². The number of furan rings is 1. The van der Waals surface area contributed by atoms with Gasteiger partial charge in [-0.25, -0.2) is 0 Å². The van der Waals surface area contributed by atoms with Crippen molar-refractivity contribution in [2.45, 2.75) is 12.5 Å². The van der Waals surface area contributed by atoms with Crippen LogP contribution in [-0.4, -0.2) is 18.4 Å². The molecular formula is C21H16Cl2N2O4. The molecule has 1 aromatic heterocycles. The van der Waals surface area contributed by atoms with Gasteiger partial charge in [-0.3, -0.25) is 9.59 Å². The van der Waals surface area contributed by atoms with Crippen LogP contribution in [0.1, 0.15) is 43.6 Å². The van der Waals surface area contributed by atoms with Crippen LogP contribution in [0.3, 0.4) is 0 Å². The zero-order valence-corrected chi connectivity index (χ0v) is 16.6. The lowest BCUT2D eigenvalue weighted by molar-refractivity contribution is 0.0940. The smallest absolute Gasteiger partial charge is 0.284 e. The van der Waals surface area contributed by atoms with E-state index in [2.05, 4.69) is 5.32 Å². The van der Waals surface area contributed by atoms with Crippen molar-refractivity contribution in [2.75, 3.05) is 6.61 Å². The summed E-state index contributed by atoms with van der Waals surface area (Å²) in [5.41, 5.74) is 7.89. The number of primary amides is 1. The molecule has 0 saturated carbocycles. The Kier molecular flexibility index (Phi) is 5.22. The fourth-order valence-corrected chi connectivity index (χ4v) is 3.67. The predicted octanol–water partition coefficient (Wildman–Crippen LogP) is 4.14. The second kappa shape index (κ2) is 7.81. The number of halogens is 2. The fourth-order valence-electron chi connectivity index (χ4n) is 3.26. The van der Waals surface area contributed by atoms with E-state index in [0.717, 1.165) is 23.3 Å². The minimum Gasteiger partial charge on any atom is -0.493 e. The average molecular weight is 431 g/mol. The largest absolute Gasteiger partial charge is 0.493 e. The van der Waals surface area contributed by atoms with Crippen molar-refractivity contribution in [1.29, 1.82) is 0 Å². The van der Waals surface area contributed by atoms with Gasteiger partial charge in [0.25, 0.3) is 11.8 Å². The lowest BCUT2D eigenvalue weighted by atomic mass is 9.96. The normalized spacial score (nSPS) is 13.4. The quantitative estimate of drug-likeness (QED) is 0.635. The Hall–Kier alpha value is -2.96. The topological polar surface area (TPSA) is 94.6 Å². The van der Waals surface area contributed by atoms with Crippen molar-refractivity contribution in [3.05, 3.63) is 86.8 Å². The Balaban J connectivity index is 1.72. The lowest BCUT2D eigenvalue weighted by Gasteiger charge is -2.21. The molecule has 29 heavy (non-hydrogen) atoms. The Bertz CT molecular complexity index is 1110. The molecule has 3 N–H and O–H groups in total. The van der Waals surface area contributed by atoms with Gasteiger partial charge in [-0.1, -0.05) is 29.3 Å². The van der Waals surface area contributed by atoms with Crippen LogP contribution in [0.4, 0.5) is 0 Å². The number of hydrogen-bond donors (Lipinski definition) is 2. The van der Waals surface area contributed by atoms with Crippen molar-refractivity contribution in [3.63, 3.8) is 0 Å². The third-order valence-corrected chi connectivity index (χ3v) is 5.28. The highest BCUT2D eigenvalue weighted by Crippen LogP contribution is 2.34. The summed E-state index contributed by atoms with van der Waals surface area (Å²) in [7, 11) is 0. The van der Waals surface area contributed by atoms with Crippen LogP contribution in [0.25, 0.3) is 0 Å². The van der Waals surface area contributed by atoms with Crippen LogP contribution in [0.5, 0.6) is 5.75 Å². The SMILES string of the molecule is NC(=O)c1cc(C(=O)NC(c2ccc3c(c2)CCO3)c2cc(Cl)ccc2Cl)co1. The molecule has 0 saturated heterocycles. The maximum absolute atomic E-state index is 12.8. The van der Waals surface area contributed by atoms with E-state index < -0.39 is 17.9 Å². The molecule has 148 valence electrons. The molecule has 1 aliphatic heterocycles. The van der Waals surface area contributed by atoms with E-state index in [0.29, 0.717) is 22.2 Å². The van der Waals surface area contributed by atoms with Gasteiger partial charge in [0.2, 0.25) is 0 Å². The molecule has 0 bridgehead atoms. The average Bonchev–Trinajstić information content (AvgIpc) is 3.37. The number of carbonyl (C=O) groups is 2. The Morgan fingerprint density at radius 3 is 2.69 bits per heavy atom. The molecule has 0 spiro atoms. The Labute approximate surface area is 176 Å². The molecule has 1 aliphatic rings. The van der Waals surface area contributed by atoms with E-state index in [1.54, 1.807) is 18.2 Å². The number of ether oxygens (including phenoxy) is 1. The first-order valence-electron chi connectivity index (χ1n) is 8.82. The van der Waals surface area contributed by atoms with Crippen molar-refractivity contribution in [1.82, 2.24) is 5.32 Å². The summed E-state index contributed by atoms with van der Waals surface area (Å²) in [4.78, 5) is 24.1. The molecular weight excluding hydrogens is 415 g/mol. The van der Waals surface area contributed by atoms with E-state index >= 15 is 0 Å². The van der Waals surface area contributed by atoms with Crippen LogP contribution < -0.4 is 15.8 Å². The number of benzene rings is 2. The standard InChI is InChI=1S/C21H16Cl2N2O4/c22-14-2-3-16(23)15(9-14)19(12-1-4-17-11(7-12)5-6-28-17)25-21(27)13-8-18(20(24)26)29-10-13/h1-4,7-10,19H,5-6H2,(H2,24,26)(H,25,27). The summed E-state index contributed by atoms with van der Waals surface area (Å²) in [6.07, 6.45) is 1.97. The summed E-state index contributed by atoms with van der Waals surface area (Å²) in [5.74, 6) is -0.463. The van der Waals surface area contributed by atoms with Crippen LogP contribution in [0.15, 0.2) is 53.1 Å². The molecule has 2 aromatic carbocycles. The summed E-state index contributed by atoms with van der Waals surface area (Å²) in [5, 5.41) is 3.90. The second-order valence-electron chi connectivity index (χ2n) is 6.60. The molecule has 0 aliphatic carbocycles. The molecule has 6 nitrogen and oxygen atoms in total. The maximum Gasteiger partial charge on any atom is 0.284 e. The van der Waals surface area contributed by atoms with E-state index in [9.17, 15) is 9.59 Å². The molecule has 8 heteroatoms. The zero-order chi connectivity index (χ0) is 20.5. The Morgan fingerprint density at radius 2 is 1.93 bits per heavy atom. The molecule has 2 amide bonds. The zero-order valence-electron chi connectivity index (χ0n) is 15.1. The molecule has 4 rings (SSSR count). The number of nitrogens with two attached hydrogens (primary N) is 1. The van der Waals surface area contributed by atoms with Crippen LogP contribution in [0.2, 0.25) is 10.0 Å². The van der Waals surface area contributed by atoms with Crippen LogP contribution in [0, 0.1) is 0 Å². The van der Waals surface area contributed by atoms with Gasteiger partial charge in [0.15, 0.2) is 5.76 Å². The van der Waals surface area contributed by atoms with Crippen molar-refractivity contribution in [2.24, 2.45) is 5.73 Å². The van der Waals surface area contributed by atoms with Crippen molar-refractivity contribution in [3.8, 4) is 5.75 Å². The van der Waals surface area contributed by atoms with E-state index in [1.165, 1.54) is 12.3 Å². The molecule has 1 unspecified atom stereocenters. The van der Waals surface area contributed by atoms with Gasteiger partial charge >= 0.3 is 0 Å². The summed E-state index contributed by atoms with van der Waals surface area (Å²) in [6, 6.07) is 11.5. The highest BCUT2D eigenvalue weighted by molar-refractivity contribution is 6.33. The fraction of sp³-hybridized carbons (Fsp3) is 0.143. The van der Waals surface area contributed by atoms with Gasteiger partial charge in [-0.15, -0.1) is 0 Å². The van der Waals surface area contributed by atoms with Crippen LogP contribution >= 0.6 is 23.2 Å². The minimum absolute atomic E-state index is 0.0952. The number of rotatable bonds is 5. The van der Waals surface area contributed by atoms with Gasteiger partial charge < -0.3 is 20.2 Å². The molecule has 1 atom stereocenters. The lowest BCUT2D eigenvalue weighted by Crippen LogP contribution is -2.29. The highest BCUT2D eigenvalue weighted by atomic mass is 35.5. The number of amides is 2. The van der Waals surface area contributed by atoms with Gasteiger partial charge in [-0.2, -0.15) is 0 Å². The number of fused-ring (bicyclic) bond motifs is 1. The third-order valence-electron chi connectivity index (χ3n) is 4.70. The van der Waals surface area contributed by atoms with Crippen molar-refractivity contribution < 1.29 is 18.7 Å². The van der Waals surface area contributed by atoms with Crippen LogP contribution in [-0.2, 0) is 6.42 Å². The molecule has 0 fully saturated rings. The number of nitrogens with one attached hydrogen (secondary N) is 1. The maximum atomic E-state index is 12.8. The summed E-state index contributed by atoms with van der Waals surface area (Å²) >= 11 is 12.6. The van der Waals surface area contributed by atoms with Crippen molar-refractivity contribution >= 4 is 35.0 Å². The van der Waals surface area contributed by atoms with E-state index in [-0.39, 0.29) is 11.3 Å². The highest BCUT2D eigenvalue weighted by Gasteiger charge is 2.24. The Morgan fingerprint density at radius 1 is 1.10 bits per heavy atom. The van der Waals surface area contributed by atoms with Gasteiger partial charge in [0, 0.05) is 22.5 Å². The number of carbonyl (C=O) groups excluding carboxylic acids is 2. The van der Waals surface area contributed by atoms with Gasteiger partial charge in [0.05, 0.1) is 18.2 Å². The first-order valence-corrected chi connectivity index (χ1v) is 9.58. The minimum atomic E-state index is -0.753. The first-order chi connectivity index (χ1) is 13.9. The molecule has 0 radical (unpaired) electrons. The second-order valence-corrected chi connectivity index (χ2v) is 7.45. The number of hydrogen-bond acceptors (Lipinski definition) is 4. The monoisotopic (exact) mass is 430 g/mol.